The van der Waals surface area contributed by atoms with Crippen molar-refractivity contribution in [2.24, 2.45) is 5.92 Å². The van der Waals surface area contributed by atoms with Crippen molar-refractivity contribution in [3.8, 4) is 0 Å². The Morgan fingerprint density at radius 3 is 2.64 bits per heavy atom. The van der Waals surface area contributed by atoms with Gasteiger partial charge in [0.25, 0.3) is 0 Å². The first-order valence-electron chi connectivity index (χ1n) is 4.17. The van der Waals surface area contributed by atoms with Gasteiger partial charge in [-0.1, -0.05) is 37.8 Å². The third kappa shape index (κ3) is 2.24. The Hall–Kier alpha value is -0.620. The standard InChI is InChI=1S/C8H11NO3S2/c1-4(2)6-7(12)9(3-5(10)11)8(13)14-6/h4,6H,3H2,1-2H3,(H,10,11). The van der Waals surface area contributed by atoms with E-state index in [9.17, 15) is 9.59 Å². The molecule has 1 N–H and O–H groups in total. The van der Waals surface area contributed by atoms with E-state index in [0.717, 1.165) is 4.90 Å². The molecule has 1 unspecified atom stereocenters. The minimum atomic E-state index is -1.04. The van der Waals surface area contributed by atoms with Gasteiger partial charge in [0, 0.05) is 0 Å². The molecule has 1 aliphatic heterocycles. The van der Waals surface area contributed by atoms with Crippen LogP contribution in [0.25, 0.3) is 0 Å². The Morgan fingerprint density at radius 1 is 1.71 bits per heavy atom. The number of carbonyl (C=O) groups is 2. The highest BCUT2D eigenvalue weighted by molar-refractivity contribution is 8.24. The summed E-state index contributed by atoms with van der Waals surface area (Å²) in [6, 6.07) is 0. The van der Waals surface area contributed by atoms with E-state index < -0.39 is 5.97 Å². The van der Waals surface area contributed by atoms with Crippen LogP contribution in [0.4, 0.5) is 0 Å². The highest BCUT2D eigenvalue weighted by atomic mass is 32.2. The maximum absolute atomic E-state index is 11.6. The number of thiocarbonyl (C=S) groups is 1. The predicted molar refractivity (Wildman–Crippen MR) is 58.2 cm³/mol. The van der Waals surface area contributed by atoms with Crippen molar-refractivity contribution in [3.05, 3.63) is 0 Å². The van der Waals surface area contributed by atoms with Crippen molar-refractivity contribution in [1.29, 1.82) is 0 Å². The minimum Gasteiger partial charge on any atom is -0.480 e. The second-order valence-electron chi connectivity index (χ2n) is 3.37. The van der Waals surface area contributed by atoms with Gasteiger partial charge < -0.3 is 5.11 Å². The molecule has 1 amide bonds. The topological polar surface area (TPSA) is 57.6 Å². The molecule has 14 heavy (non-hydrogen) atoms. The molecule has 4 nitrogen and oxygen atoms in total. The van der Waals surface area contributed by atoms with Gasteiger partial charge >= 0.3 is 5.97 Å². The molecule has 0 aromatic rings. The first-order chi connectivity index (χ1) is 6.43. The summed E-state index contributed by atoms with van der Waals surface area (Å²) in [6.07, 6.45) is 0. The lowest BCUT2D eigenvalue weighted by molar-refractivity contribution is -0.141. The number of aliphatic carboxylic acids is 1. The molecule has 0 aliphatic carbocycles. The lowest BCUT2D eigenvalue weighted by Gasteiger charge is -2.13. The van der Waals surface area contributed by atoms with Crippen LogP contribution in [0.15, 0.2) is 0 Å². The molecule has 1 atom stereocenters. The molecule has 0 aromatic heterocycles. The van der Waals surface area contributed by atoms with E-state index in [2.05, 4.69) is 0 Å². The number of rotatable bonds is 3. The molecule has 0 spiro atoms. The van der Waals surface area contributed by atoms with E-state index in [1.807, 2.05) is 13.8 Å². The smallest absolute Gasteiger partial charge is 0.323 e. The van der Waals surface area contributed by atoms with Gasteiger partial charge in [-0.2, -0.15) is 0 Å². The van der Waals surface area contributed by atoms with Gasteiger partial charge in [0.2, 0.25) is 5.91 Å². The summed E-state index contributed by atoms with van der Waals surface area (Å²) in [7, 11) is 0. The van der Waals surface area contributed by atoms with Gasteiger partial charge in [-0.15, -0.1) is 0 Å². The largest absolute Gasteiger partial charge is 0.480 e. The van der Waals surface area contributed by atoms with Crippen LogP contribution in [-0.4, -0.2) is 38.0 Å². The first kappa shape index (κ1) is 11.5. The van der Waals surface area contributed by atoms with Crippen LogP contribution in [0.5, 0.6) is 0 Å². The highest BCUT2D eigenvalue weighted by Crippen LogP contribution is 2.31. The second-order valence-corrected chi connectivity index (χ2v) is 5.14. The summed E-state index contributed by atoms with van der Waals surface area (Å²) in [5.74, 6) is -1.05. The molecule has 0 radical (unpaired) electrons. The van der Waals surface area contributed by atoms with E-state index in [1.54, 1.807) is 0 Å². The lowest BCUT2D eigenvalue weighted by Crippen LogP contribution is -2.36. The number of thioether (sulfide) groups is 1. The van der Waals surface area contributed by atoms with Gasteiger partial charge in [0.05, 0.1) is 5.25 Å². The number of carbonyl (C=O) groups excluding carboxylic acids is 1. The fourth-order valence-corrected chi connectivity index (χ4v) is 2.63. The van der Waals surface area contributed by atoms with E-state index in [4.69, 9.17) is 17.3 Å². The molecule has 1 heterocycles. The average molecular weight is 233 g/mol. The van der Waals surface area contributed by atoms with Crippen molar-refractivity contribution >= 4 is 40.2 Å². The molecule has 6 heteroatoms. The summed E-state index contributed by atoms with van der Waals surface area (Å²) >= 11 is 6.21. The molecular formula is C8H11NO3S2. The van der Waals surface area contributed by atoms with Crippen LogP contribution < -0.4 is 0 Å². The third-order valence-electron chi connectivity index (χ3n) is 1.86. The number of amides is 1. The normalized spacial score (nSPS) is 22.2. The van der Waals surface area contributed by atoms with Crippen LogP contribution in [0.3, 0.4) is 0 Å². The summed E-state index contributed by atoms with van der Waals surface area (Å²) in [5, 5.41) is 8.35. The molecule has 1 rings (SSSR count). The quantitative estimate of drug-likeness (QED) is 0.736. The average Bonchev–Trinajstić information content (AvgIpc) is 2.31. The lowest BCUT2D eigenvalue weighted by atomic mass is 10.1. The van der Waals surface area contributed by atoms with Gasteiger partial charge in [0.15, 0.2) is 0 Å². The molecular weight excluding hydrogens is 222 g/mol. The predicted octanol–water partition coefficient (Wildman–Crippen LogP) is 0.956. The zero-order valence-electron chi connectivity index (χ0n) is 7.89. The Balaban J connectivity index is 2.75. The monoisotopic (exact) mass is 233 g/mol. The molecule has 1 fully saturated rings. The van der Waals surface area contributed by atoms with Crippen molar-refractivity contribution in [1.82, 2.24) is 4.90 Å². The van der Waals surface area contributed by atoms with Crippen LogP contribution in [0.2, 0.25) is 0 Å². The zero-order chi connectivity index (χ0) is 10.9. The number of carboxylic acids is 1. The molecule has 0 bridgehead atoms. The first-order valence-corrected chi connectivity index (χ1v) is 5.46. The molecule has 1 aliphatic rings. The van der Waals surface area contributed by atoms with Gasteiger partial charge in [-0.3, -0.25) is 14.5 Å². The van der Waals surface area contributed by atoms with Crippen LogP contribution in [0.1, 0.15) is 13.8 Å². The summed E-state index contributed by atoms with van der Waals surface area (Å²) in [4.78, 5) is 23.3. The van der Waals surface area contributed by atoms with E-state index in [1.165, 1.54) is 11.8 Å². The molecule has 0 aromatic carbocycles. The van der Waals surface area contributed by atoms with E-state index >= 15 is 0 Å². The minimum absolute atomic E-state index is 0.171. The molecule has 0 saturated carbocycles. The maximum atomic E-state index is 11.6. The Morgan fingerprint density at radius 2 is 2.29 bits per heavy atom. The van der Waals surface area contributed by atoms with Gasteiger partial charge in [0.1, 0.15) is 10.9 Å². The molecule has 1 saturated heterocycles. The number of nitrogens with zero attached hydrogens (tertiary/aromatic N) is 1. The van der Waals surface area contributed by atoms with Crippen molar-refractivity contribution in [2.75, 3.05) is 6.54 Å². The zero-order valence-corrected chi connectivity index (χ0v) is 9.52. The van der Waals surface area contributed by atoms with Crippen molar-refractivity contribution in [2.45, 2.75) is 19.1 Å². The highest BCUT2D eigenvalue weighted by Gasteiger charge is 2.39. The summed E-state index contributed by atoms with van der Waals surface area (Å²) in [5.41, 5.74) is 0. The van der Waals surface area contributed by atoms with Gasteiger partial charge in [-0.05, 0) is 5.92 Å². The molecule has 78 valence electrons. The van der Waals surface area contributed by atoms with Crippen LogP contribution >= 0.6 is 24.0 Å². The Bertz CT molecular complexity index is 290. The number of hydrogen-bond acceptors (Lipinski definition) is 4. The van der Waals surface area contributed by atoms with Crippen LogP contribution in [0, 0.1) is 5.92 Å². The van der Waals surface area contributed by atoms with Crippen molar-refractivity contribution in [3.63, 3.8) is 0 Å². The van der Waals surface area contributed by atoms with E-state index in [0.29, 0.717) is 4.32 Å². The fraction of sp³-hybridized carbons (Fsp3) is 0.625. The Labute approximate surface area is 91.6 Å². The van der Waals surface area contributed by atoms with Crippen molar-refractivity contribution < 1.29 is 14.7 Å². The summed E-state index contributed by atoms with van der Waals surface area (Å²) in [6.45, 7) is 3.51. The van der Waals surface area contributed by atoms with Crippen LogP contribution in [-0.2, 0) is 9.59 Å². The SMILES string of the molecule is CC(C)C1SC(=S)N(CC(=O)O)C1=O. The van der Waals surface area contributed by atoms with Gasteiger partial charge in [-0.25, -0.2) is 0 Å². The Kier molecular flexibility index (Phi) is 3.49. The maximum Gasteiger partial charge on any atom is 0.323 e. The fourth-order valence-electron chi connectivity index (χ4n) is 1.17. The number of carboxylic acid groups (broad SMARTS) is 1. The van der Waals surface area contributed by atoms with E-state index in [-0.39, 0.29) is 23.6 Å². The summed E-state index contributed by atoms with van der Waals surface area (Å²) < 4.78 is 0.371. The third-order valence-corrected chi connectivity index (χ3v) is 3.79. The number of hydrogen-bond donors (Lipinski definition) is 1. The second kappa shape index (κ2) is 4.27.